The van der Waals surface area contributed by atoms with E-state index in [1.807, 2.05) is 24.0 Å². The lowest BCUT2D eigenvalue weighted by Gasteiger charge is -2.34. The maximum absolute atomic E-state index is 12.4. The van der Waals surface area contributed by atoms with Crippen molar-refractivity contribution in [2.75, 3.05) is 45.0 Å². The first kappa shape index (κ1) is 18.8. The fraction of sp³-hybridized carbons (Fsp3) is 0.556. The molecule has 0 aliphatic carbocycles. The lowest BCUT2D eigenvalue weighted by Crippen LogP contribution is -2.51. The molecule has 1 aliphatic rings. The smallest absolute Gasteiger partial charge is 0.234 e. The summed E-state index contributed by atoms with van der Waals surface area (Å²) in [5.41, 5.74) is 1.21. The van der Waals surface area contributed by atoms with Crippen molar-refractivity contribution in [2.24, 2.45) is 0 Å². The molecule has 2 amide bonds. The highest BCUT2D eigenvalue weighted by Crippen LogP contribution is 2.22. The predicted molar refractivity (Wildman–Crippen MR) is 98.2 cm³/mol. The van der Waals surface area contributed by atoms with Crippen molar-refractivity contribution < 1.29 is 9.59 Å². The zero-order chi connectivity index (χ0) is 17.4. The Kier molecular flexibility index (Phi) is 7.59. The van der Waals surface area contributed by atoms with E-state index < -0.39 is 0 Å². The summed E-state index contributed by atoms with van der Waals surface area (Å²) in [6.45, 7) is 8.20. The summed E-state index contributed by atoms with van der Waals surface area (Å²) in [5.74, 6) is 0.729. The van der Waals surface area contributed by atoms with Crippen LogP contribution in [-0.2, 0) is 9.59 Å². The molecule has 1 N–H and O–H groups in total. The highest BCUT2D eigenvalue weighted by atomic mass is 32.2. The number of nitrogens with zero attached hydrogens (tertiary/aromatic N) is 2. The minimum Gasteiger partial charge on any atom is -0.355 e. The highest BCUT2D eigenvalue weighted by Gasteiger charge is 2.22. The summed E-state index contributed by atoms with van der Waals surface area (Å²) >= 11 is 1.60. The van der Waals surface area contributed by atoms with Gasteiger partial charge in [-0.05, 0) is 25.0 Å². The van der Waals surface area contributed by atoms with Crippen LogP contribution in [0.25, 0.3) is 0 Å². The van der Waals surface area contributed by atoms with Gasteiger partial charge in [-0.3, -0.25) is 14.5 Å². The molecule has 0 radical (unpaired) electrons. The molecule has 0 spiro atoms. The van der Waals surface area contributed by atoms with Crippen LogP contribution in [0.4, 0.5) is 0 Å². The van der Waals surface area contributed by atoms with E-state index in [9.17, 15) is 9.59 Å². The Morgan fingerprint density at radius 2 is 1.88 bits per heavy atom. The summed E-state index contributed by atoms with van der Waals surface area (Å²) in [6.07, 6.45) is 0.951. The number of amides is 2. The van der Waals surface area contributed by atoms with Gasteiger partial charge in [-0.1, -0.05) is 25.1 Å². The van der Waals surface area contributed by atoms with Crippen molar-refractivity contribution in [2.45, 2.75) is 25.2 Å². The molecule has 1 saturated heterocycles. The molecule has 1 fully saturated rings. The van der Waals surface area contributed by atoms with Gasteiger partial charge in [-0.15, -0.1) is 11.8 Å². The first-order valence-corrected chi connectivity index (χ1v) is 9.54. The first-order valence-electron chi connectivity index (χ1n) is 8.55. The Bertz CT molecular complexity index is 557. The fourth-order valence-electron chi connectivity index (χ4n) is 2.63. The number of rotatable bonds is 7. The van der Waals surface area contributed by atoms with Crippen LogP contribution in [0, 0.1) is 6.92 Å². The third-order valence-electron chi connectivity index (χ3n) is 4.11. The van der Waals surface area contributed by atoms with E-state index in [4.69, 9.17) is 0 Å². The Balaban J connectivity index is 1.71. The monoisotopic (exact) mass is 349 g/mol. The van der Waals surface area contributed by atoms with Gasteiger partial charge < -0.3 is 10.2 Å². The largest absolute Gasteiger partial charge is 0.355 e. The number of thioether (sulfide) groups is 1. The van der Waals surface area contributed by atoms with Gasteiger partial charge >= 0.3 is 0 Å². The van der Waals surface area contributed by atoms with Crippen LogP contribution in [0.5, 0.6) is 0 Å². The standard InChI is InChI=1S/C18H27N3O2S/c1-3-8-19-17(22)13-20-9-11-21(12-10-20)18(23)14-24-16-7-5-4-6-15(16)2/h4-7H,3,8-14H2,1-2H3,(H,19,22). The SMILES string of the molecule is CCCNC(=O)CN1CCN(C(=O)CSc2ccccc2C)CC1. The number of nitrogens with one attached hydrogen (secondary N) is 1. The molecule has 24 heavy (non-hydrogen) atoms. The molecule has 1 aliphatic heterocycles. The van der Waals surface area contributed by atoms with Crippen LogP contribution in [0.1, 0.15) is 18.9 Å². The molecule has 0 atom stereocenters. The van der Waals surface area contributed by atoms with E-state index in [2.05, 4.69) is 29.3 Å². The second kappa shape index (κ2) is 9.69. The molecule has 1 heterocycles. The summed E-state index contributed by atoms with van der Waals surface area (Å²) in [5, 5.41) is 2.89. The third-order valence-corrected chi connectivity index (χ3v) is 5.27. The van der Waals surface area contributed by atoms with Crippen LogP contribution in [0.2, 0.25) is 0 Å². The molecule has 5 nitrogen and oxygen atoms in total. The van der Waals surface area contributed by atoms with E-state index in [0.717, 1.165) is 31.0 Å². The normalized spacial score (nSPS) is 15.3. The molecular weight excluding hydrogens is 322 g/mol. The van der Waals surface area contributed by atoms with Crippen LogP contribution in [0.15, 0.2) is 29.2 Å². The quantitative estimate of drug-likeness (QED) is 0.762. The Morgan fingerprint density at radius 1 is 1.17 bits per heavy atom. The van der Waals surface area contributed by atoms with Gasteiger partial charge in [-0.25, -0.2) is 0 Å². The number of hydrogen-bond acceptors (Lipinski definition) is 4. The number of benzene rings is 1. The van der Waals surface area contributed by atoms with Crippen LogP contribution >= 0.6 is 11.8 Å². The molecule has 2 rings (SSSR count). The molecule has 1 aromatic carbocycles. The summed E-state index contributed by atoms with van der Waals surface area (Å²) in [4.78, 5) is 29.3. The maximum Gasteiger partial charge on any atom is 0.234 e. The van der Waals surface area contributed by atoms with Gasteiger partial charge in [0.2, 0.25) is 11.8 Å². The summed E-state index contributed by atoms with van der Waals surface area (Å²) in [7, 11) is 0. The lowest BCUT2D eigenvalue weighted by molar-refractivity contribution is -0.130. The van der Waals surface area contributed by atoms with Crippen molar-refractivity contribution in [3.05, 3.63) is 29.8 Å². The Morgan fingerprint density at radius 3 is 2.54 bits per heavy atom. The first-order chi connectivity index (χ1) is 11.6. The number of aryl methyl sites for hydroxylation is 1. The predicted octanol–water partition coefficient (Wildman–Crippen LogP) is 1.76. The van der Waals surface area contributed by atoms with Crippen molar-refractivity contribution in [3.63, 3.8) is 0 Å². The molecule has 6 heteroatoms. The van der Waals surface area contributed by atoms with Crippen LogP contribution in [-0.4, -0.2) is 66.6 Å². The molecule has 0 bridgehead atoms. The lowest BCUT2D eigenvalue weighted by atomic mass is 10.2. The Labute approximate surface area is 148 Å². The minimum absolute atomic E-state index is 0.0757. The van der Waals surface area contributed by atoms with Crippen LogP contribution in [0.3, 0.4) is 0 Å². The average Bonchev–Trinajstić information content (AvgIpc) is 2.59. The minimum atomic E-state index is 0.0757. The second-order valence-corrected chi connectivity index (χ2v) is 7.08. The van der Waals surface area contributed by atoms with E-state index >= 15 is 0 Å². The zero-order valence-electron chi connectivity index (χ0n) is 14.6. The number of carbonyl (C=O) groups excluding carboxylic acids is 2. The topological polar surface area (TPSA) is 52.7 Å². The molecule has 1 aromatic rings. The Hall–Kier alpha value is -1.53. The van der Waals surface area contributed by atoms with Gasteiger partial charge in [0.15, 0.2) is 0 Å². The van der Waals surface area contributed by atoms with Crippen molar-refractivity contribution in [1.82, 2.24) is 15.1 Å². The molecular formula is C18H27N3O2S. The van der Waals surface area contributed by atoms with Gasteiger partial charge in [0, 0.05) is 37.6 Å². The van der Waals surface area contributed by atoms with Gasteiger partial charge in [0.25, 0.3) is 0 Å². The summed E-state index contributed by atoms with van der Waals surface area (Å²) < 4.78 is 0. The third kappa shape index (κ3) is 5.83. The van der Waals surface area contributed by atoms with Gasteiger partial charge in [0.1, 0.15) is 0 Å². The van der Waals surface area contributed by atoms with Crippen LogP contribution < -0.4 is 5.32 Å². The van der Waals surface area contributed by atoms with Gasteiger partial charge in [0.05, 0.1) is 12.3 Å². The molecule has 0 aromatic heterocycles. The summed E-state index contributed by atoms with van der Waals surface area (Å²) in [6, 6.07) is 8.13. The van der Waals surface area contributed by atoms with Crippen molar-refractivity contribution in [1.29, 1.82) is 0 Å². The van der Waals surface area contributed by atoms with Gasteiger partial charge in [-0.2, -0.15) is 0 Å². The number of piperazine rings is 1. The molecule has 0 saturated carbocycles. The molecule has 132 valence electrons. The average molecular weight is 350 g/mol. The van der Waals surface area contributed by atoms with E-state index in [1.165, 1.54) is 5.56 Å². The van der Waals surface area contributed by atoms with E-state index in [1.54, 1.807) is 11.8 Å². The number of carbonyl (C=O) groups is 2. The van der Waals surface area contributed by atoms with Crippen molar-refractivity contribution >= 4 is 23.6 Å². The highest BCUT2D eigenvalue weighted by molar-refractivity contribution is 8.00. The van der Waals surface area contributed by atoms with E-state index in [0.29, 0.717) is 25.4 Å². The maximum atomic E-state index is 12.4. The second-order valence-electron chi connectivity index (χ2n) is 6.06. The van der Waals surface area contributed by atoms with Crippen molar-refractivity contribution in [3.8, 4) is 0 Å². The zero-order valence-corrected chi connectivity index (χ0v) is 15.4. The van der Waals surface area contributed by atoms with E-state index in [-0.39, 0.29) is 11.8 Å². The number of hydrogen-bond donors (Lipinski definition) is 1. The fourth-order valence-corrected chi connectivity index (χ4v) is 3.56. The molecule has 0 unspecified atom stereocenters.